The first-order valence-corrected chi connectivity index (χ1v) is 14.1. The van der Waals surface area contributed by atoms with Crippen molar-refractivity contribution in [2.45, 2.75) is 18.7 Å². The molecule has 9 heteroatoms. The lowest BCUT2D eigenvalue weighted by molar-refractivity contribution is -0.109. The molecular weight excluding hydrogens is 516 g/mol. The quantitative estimate of drug-likeness (QED) is 0.276. The summed E-state index contributed by atoms with van der Waals surface area (Å²) in [6.45, 7) is 3.55. The summed E-state index contributed by atoms with van der Waals surface area (Å²) in [4.78, 5) is 22.4. The van der Waals surface area contributed by atoms with E-state index in [1.807, 2.05) is 66.7 Å². The van der Waals surface area contributed by atoms with E-state index in [1.165, 1.54) is 23.9 Å². The standard InChI is InChI=1S/C29H24N4O3S2/c1-19-17-20(2)31-29(30-19)33-38(35,36)24-15-13-23(14-16-24)32-28-26(22-11-7-4-8-12-22)27(34)25(37-28)18-21-9-5-3-6-10-21/h3-18,32H,1-2H3,(H,30,31,33)/b25-18-. The normalized spacial score (nSPS) is 14.7. The minimum absolute atomic E-state index is 0.0287. The Morgan fingerprint density at radius 1 is 0.816 bits per heavy atom. The maximum atomic E-state index is 13.4. The lowest BCUT2D eigenvalue weighted by Gasteiger charge is -2.11. The molecule has 5 rings (SSSR count). The summed E-state index contributed by atoms with van der Waals surface area (Å²) in [5.41, 5.74) is 4.30. The average molecular weight is 541 g/mol. The van der Waals surface area contributed by atoms with Gasteiger partial charge >= 0.3 is 0 Å². The smallest absolute Gasteiger partial charge is 0.264 e. The van der Waals surface area contributed by atoms with Gasteiger partial charge in [-0.05, 0) is 61.4 Å². The number of hydrogen-bond acceptors (Lipinski definition) is 7. The lowest BCUT2D eigenvalue weighted by atomic mass is 10.0. The molecule has 1 aromatic heterocycles. The fourth-order valence-electron chi connectivity index (χ4n) is 3.98. The lowest BCUT2D eigenvalue weighted by Crippen LogP contribution is -2.15. The molecule has 2 heterocycles. The molecule has 2 N–H and O–H groups in total. The number of sulfonamides is 1. The number of anilines is 2. The number of rotatable bonds is 7. The Morgan fingerprint density at radius 2 is 1.42 bits per heavy atom. The predicted octanol–water partition coefficient (Wildman–Crippen LogP) is 6.03. The van der Waals surface area contributed by atoms with Crippen LogP contribution in [0.1, 0.15) is 22.5 Å². The van der Waals surface area contributed by atoms with Crippen LogP contribution in [-0.4, -0.2) is 24.2 Å². The van der Waals surface area contributed by atoms with E-state index in [9.17, 15) is 13.2 Å². The minimum Gasteiger partial charge on any atom is -0.349 e. The molecule has 0 bridgehead atoms. The molecule has 7 nitrogen and oxygen atoms in total. The highest BCUT2D eigenvalue weighted by atomic mass is 32.2. The summed E-state index contributed by atoms with van der Waals surface area (Å²) in [5, 5.41) is 4.00. The van der Waals surface area contributed by atoms with Gasteiger partial charge in [-0.3, -0.25) is 4.79 Å². The van der Waals surface area contributed by atoms with Crippen LogP contribution < -0.4 is 10.0 Å². The van der Waals surface area contributed by atoms with Crippen LogP contribution in [0.3, 0.4) is 0 Å². The Balaban J connectivity index is 1.41. The first kappa shape index (κ1) is 25.4. The number of carbonyl (C=O) groups is 1. The monoisotopic (exact) mass is 540 g/mol. The van der Waals surface area contributed by atoms with E-state index in [2.05, 4.69) is 20.0 Å². The van der Waals surface area contributed by atoms with Gasteiger partial charge in [0.05, 0.1) is 20.4 Å². The van der Waals surface area contributed by atoms with Gasteiger partial charge in [0, 0.05) is 17.1 Å². The molecule has 0 fully saturated rings. The predicted molar refractivity (Wildman–Crippen MR) is 153 cm³/mol. The Kier molecular flexibility index (Phi) is 7.13. The van der Waals surface area contributed by atoms with Crippen LogP contribution in [0, 0.1) is 13.8 Å². The van der Waals surface area contributed by atoms with E-state index in [-0.39, 0.29) is 16.6 Å². The van der Waals surface area contributed by atoms with Gasteiger partial charge in [-0.2, -0.15) is 0 Å². The van der Waals surface area contributed by atoms with E-state index in [4.69, 9.17) is 0 Å². The third-order valence-electron chi connectivity index (χ3n) is 5.68. The highest BCUT2D eigenvalue weighted by Crippen LogP contribution is 2.44. The van der Waals surface area contributed by atoms with Gasteiger partial charge in [0.1, 0.15) is 0 Å². The summed E-state index contributed by atoms with van der Waals surface area (Å²) >= 11 is 1.36. The van der Waals surface area contributed by atoms with Crippen molar-refractivity contribution in [2.24, 2.45) is 0 Å². The fraction of sp³-hybridized carbons (Fsp3) is 0.0690. The number of ketones is 1. The summed E-state index contributed by atoms with van der Waals surface area (Å²) in [6, 6.07) is 27.3. The SMILES string of the molecule is Cc1cc(C)nc(NS(=O)(=O)c2ccc(NC3=C(c4ccccc4)C(=O)/C(=C/c4ccccc4)S3)cc2)n1. The fourth-order valence-corrected chi connectivity index (χ4v) is 6.02. The molecule has 4 aromatic rings. The van der Waals surface area contributed by atoms with E-state index in [0.29, 0.717) is 32.6 Å². The van der Waals surface area contributed by atoms with Crippen LogP contribution >= 0.6 is 11.8 Å². The number of thioether (sulfide) groups is 1. The number of aryl methyl sites for hydroxylation is 2. The van der Waals surface area contributed by atoms with Gasteiger partial charge in [0.2, 0.25) is 11.7 Å². The molecule has 0 saturated carbocycles. The maximum absolute atomic E-state index is 13.4. The van der Waals surface area contributed by atoms with Crippen LogP contribution in [0.4, 0.5) is 11.6 Å². The second-order valence-electron chi connectivity index (χ2n) is 8.65. The number of aromatic nitrogens is 2. The van der Waals surface area contributed by atoms with Gasteiger partial charge in [-0.15, -0.1) is 0 Å². The van der Waals surface area contributed by atoms with Crippen molar-refractivity contribution in [3.05, 3.63) is 123 Å². The van der Waals surface area contributed by atoms with E-state index >= 15 is 0 Å². The first-order chi connectivity index (χ1) is 18.3. The van der Waals surface area contributed by atoms with Gasteiger partial charge < -0.3 is 5.32 Å². The van der Waals surface area contributed by atoms with Crippen molar-refractivity contribution >= 4 is 50.9 Å². The molecule has 0 saturated heterocycles. The Bertz CT molecular complexity index is 1650. The van der Waals surface area contributed by atoms with Gasteiger partial charge in [-0.25, -0.2) is 23.1 Å². The number of nitrogens with one attached hydrogen (secondary N) is 2. The third-order valence-corrected chi connectivity index (χ3v) is 8.06. The van der Waals surface area contributed by atoms with Crippen LogP contribution in [-0.2, 0) is 14.8 Å². The Morgan fingerprint density at radius 3 is 2.05 bits per heavy atom. The molecule has 0 radical (unpaired) electrons. The summed E-state index contributed by atoms with van der Waals surface area (Å²) in [5.74, 6) is -0.0367. The number of Topliss-reactive ketones (excluding diaryl/α,β-unsaturated/α-hetero) is 1. The highest BCUT2D eigenvalue weighted by molar-refractivity contribution is 8.08. The Hall–Kier alpha value is -4.21. The van der Waals surface area contributed by atoms with Gasteiger partial charge in [-0.1, -0.05) is 72.4 Å². The zero-order valence-corrected chi connectivity index (χ0v) is 22.3. The van der Waals surface area contributed by atoms with Crippen molar-refractivity contribution in [3.63, 3.8) is 0 Å². The number of benzene rings is 3. The van der Waals surface area contributed by atoms with Gasteiger partial charge in [0.15, 0.2) is 0 Å². The summed E-state index contributed by atoms with van der Waals surface area (Å²) in [6.07, 6.45) is 1.88. The van der Waals surface area contributed by atoms with Crippen molar-refractivity contribution in [1.29, 1.82) is 0 Å². The molecule has 0 atom stereocenters. The highest BCUT2D eigenvalue weighted by Gasteiger charge is 2.30. The number of allylic oxidation sites excluding steroid dienone is 2. The molecule has 38 heavy (non-hydrogen) atoms. The van der Waals surface area contributed by atoms with E-state index in [1.54, 1.807) is 32.0 Å². The Labute approximate surface area is 225 Å². The van der Waals surface area contributed by atoms with E-state index in [0.717, 1.165) is 11.1 Å². The molecule has 1 aliphatic heterocycles. The molecule has 1 aliphatic rings. The second kappa shape index (κ2) is 10.6. The van der Waals surface area contributed by atoms with Crippen molar-refractivity contribution in [1.82, 2.24) is 9.97 Å². The van der Waals surface area contributed by atoms with E-state index < -0.39 is 10.0 Å². The topological polar surface area (TPSA) is 101 Å². The molecule has 3 aromatic carbocycles. The largest absolute Gasteiger partial charge is 0.349 e. The number of hydrogen-bond donors (Lipinski definition) is 2. The molecule has 0 spiro atoms. The molecule has 0 amide bonds. The number of nitrogens with zero attached hydrogens (tertiary/aromatic N) is 2. The molecule has 190 valence electrons. The average Bonchev–Trinajstić information content (AvgIpc) is 3.18. The van der Waals surface area contributed by atoms with Crippen LogP contribution in [0.15, 0.2) is 106 Å². The molecule has 0 unspecified atom stereocenters. The van der Waals surface area contributed by atoms with Crippen molar-refractivity contribution in [2.75, 3.05) is 10.0 Å². The molecule has 0 aliphatic carbocycles. The zero-order chi connectivity index (χ0) is 26.7. The van der Waals surface area contributed by atoms with Crippen molar-refractivity contribution < 1.29 is 13.2 Å². The van der Waals surface area contributed by atoms with Crippen LogP contribution in [0.25, 0.3) is 11.6 Å². The van der Waals surface area contributed by atoms with Crippen molar-refractivity contribution in [3.8, 4) is 0 Å². The second-order valence-corrected chi connectivity index (χ2v) is 11.4. The summed E-state index contributed by atoms with van der Waals surface area (Å²) < 4.78 is 28.2. The zero-order valence-electron chi connectivity index (χ0n) is 20.7. The van der Waals surface area contributed by atoms with Crippen LogP contribution in [0.5, 0.6) is 0 Å². The van der Waals surface area contributed by atoms with Gasteiger partial charge in [0.25, 0.3) is 10.0 Å². The van der Waals surface area contributed by atoms with Crippen LogP contribution in [0.2, 0.25) is 0 Å². The third kappa shape index (κ3) is 5.69. The first-order valence-electron chi connectivity index (χ1n) is 11.8. The maximum Gasteiger partial charge on any atom is 0.264 e. The number of carbonyl (C=O) groups excluding carboxylic acids is 1. The summed E-state index contributed by atoms with van der Waals surface area (Å²) in [7, 11) is -3.88. The molecular formula is C29H24N4O3S2. The minimum atomic E-state index is -3.88.